The molecule has 0 spiro atoms. The van der Waals surface area contributed by atoms with E-state index in [0.717, 1.165) is 0 Å². The maximum Gasteiger partial charge on any atom is 0.233 e. The Hall–Kier alpha value is -0.610. The van der Waals surface area contributed by atoms with Crippen molar-refractivity contribution in [1.82, 2.24) is 5.43 Å². The summed E-state index contributed by atoms with van der Waals surface area (Å²) < 4.78 is 0. The summed E-state index contributed by atoms with van der Waals surface area (Å²) in [6, 6.07) is 0. The van der Waals surface area contributed by atoms with Gasteiger partial charge < -0.3 is 0 Å². The van der Waals surface area contributed by atoms with Gasteiger partial charge in [-0.15, -0.1) is 0 Å². The van der Waals surface area contributed by atoms with Gasteiger partial charge in [-0.2, -0.15) is 0 Å². The van der Waals surface area contributed by atoms with Crippen LogP contribution in [-0.2, 0) is 9.59 Å². The monoisotopic (exact) mass is 164 g/mol. The number of carbonyl (C=O) groups excluding carboxylic acids is 2. The number of carbonyl (C=O) groups is 2. The zero-order valence-corrected chi connectivity index (χ0v) is 6.15. The smallest absolute Gasteiger partial charge is 0.233 e. The number of hydrazine groups is 1. The normalized spacial score (nSPS) is 9.00. The fraction of sp³-hybridized carbons (Fsp3) is 0.600. The summed E-state index contributed by atoms with van der Waals surface area (Å²) >= 11 is 5.00. The summed E-state index contributed by atoms with van der Waals surface area (Å²) in [5, 5.41) is -0.426. The molecule has 0 saturated carbocycles. The number of rotatable bonds is 4. The number of nitrogens with one attached hydrogen (secondary N) is 1. The molecular formula is C5H9ClN2O2. The van der Waals surface area contributed by atoms with Crippen molar-refractivity contribution in [3.8, 4) is 0 Å². The Kier molecular flexibility index (Phi) is 4.88. The third kappa shape index (κ3) is 5.53. The molecule has 0 aromatic heterocycles. The van der Waals surface area contributed by atoms with Crippen LogP contribution in [0.15, 0.2) is 0 Å². The fourth-order valence-electron chi connectivity index (χ4n) is 0.460. The summed E-state index contributed by atoms with van der Waals surface area (Å²) in [4.78, 5) is 20.5. The second-order valence-corrected chi connectivity index (χ2v) is 2.20. The molecule has 1 amide bonds. The van der Waals surface area contributed by atoms with Crippen molar-refractivity contribution < 1.29 is 9.59 Å². The van der Waals surface area contributed by atoms with Crippen LogP contribution in [0.3, 0.4) is 0 Å². The van der Waals surface area contributed by atoms with Crippen LogP contribution >= 0.6 is 11.6 Å². The lowest BCUT2D eigenvalue weighted by Crippen LogP contribution is -2.29. The third-order valence-corrected chi connectivity index (χ3v) is 1.13. The van der Waals surface area contributed by atoms with Gasteiger partial charge in [0.25, 0.3) is 0 Å². The Morgan fingerprint density at radius 1 is 1.40 bits per heavy atom. The van der Waals surface area contributed by atoms with Gasteiger partial charge in [-0.25, -0.2) is 5.84 Å². The van der Waals surface area contributed by atoms with E-state index in [2.05, 4.69) is 0 Å². The Bertz CT molecular complexity index is 138. The van der Waals surface area contributed by atoms with E-state index < -0.39 is 5.24 Å². The molecule has 5 heteroatoms. The molecule has 0 unspecified atom stereocenters. The van der Waals surface area contributed by atoms with Crippen LogP contribution in [0, 0.1) is 0 Å². The van der Waals surface area contributed by atoms with Crippen molar-refractivity contribution >= 4 is 22.8 Å². The molecule has 0 bridgehead atoms. The van der Waals surface area contributed by atoms with E-state index in [9.17, 15) is 9.59 Å². The number of amides is 1. The molecule has 4 nitrogen and oxygen atoms in total. The van der Waals surface area contributed by atoms with Gasteiger partial charge in [-0.3, -0.25) is 15.0 Å². The predicted octanol–water partition coefficient (Wildman–Crippen LogP) is -0.0880. The molecule has 0 atom stereocenters. The highest BCUT2D eigenvalue weighted by Crippen LogP contribution is 1.97. The minimum atomic E-state index is -0.426. The Balaban J connectivity index is 3.20. The highest BCUT2D eigenvalue weighted by molar-refractivity contribution is 6.63. The summed E-state index contributed by atoms with van der Waals surface area (Å²) in [5.74, 6) is 4.49. The van der Waals surface area contributed by atoms with Gasteiger partial charge in [-0.1, -0.05) is 0 Å². The third-order valence-electron chi connectivity index (χ3n) is 0.938. The van der Waals surface area contributed by atoms with Crippen LogP contribution in [0.25, 0.3) is 0 Å². The lowest BCUT2D eigenvalue weighted by Gasteiger charge is -1.95. The number of halogens is 1. The standard InChI is InChI=1S/C5H9ClN2O2/c6-4(9)2-1-3-5(10)8-7/h1-3,7H2,(H,8,10). The zero-order chi connectivity index (χ0) is 7.98. The lowest BCUT2D eigenvalue weighted by molar-refractivity contribution is -0.121. The van der Waals surface area contributed by atoms with E-state index >= 15 is 0 Å². The van der Waals surface area contributed by atoms with Gasteiger partial charge >= 0.3 is 0 Å². The van der Waals surface area contributed by atoms with E-state index in [1.54, 1.807) is 0 Å². The first-order chi connectivity index (χ1) is 4.66. The van der Waals surface area contributed by atoms with Crippen LogP contribution in [0.5, 0.6) is 0 Å². The van der Waals surface area contributed by atoms with Crippen LogP contribution in [0.2, 0.25) is 0 Å². The van der Waals surface area contributed by atoms with Crippen LogP contribution in [0.1, 0.15) is 19.3 Å². The Labute approximate surface area is 63.7 Å². The van der Waals surface area contributed by atoms with Crippen molar-refractivity contribution in [2.75, 3.05) is 0 Å². The Morgan fingerprint density at radius 2 is 2.00 bits per heavy atom. The predicted molar refractivity (Wildman–Crippen MR) is 37.0 cm³/mol. The molecule has 3 N–H and O–H groups in total. The molecule has 0 aromatic carbocycles. The molecule has 10 heavy (non-hydrogen) atoms. The van der Waals surface area contributed by atoms with E-state index in [4.69, 9.17) is 17.4 Å². The Morgan fingerprint density at radius 3 is 2.40 bits per heavy atom. The highest BCUT2D eigenvalue weighted by Gasteiger charge is 2.00. The molecule has 0 saturated heterocycles. The number of hydrogen-bond donors (Lipinski definition) is 2. The lowest BCUT2D eigenvalue weighted by atomic mass is 10.2. The van der Waals surface area contributed by atoms with Crippen molar-refractivity contribution in [3.05, 3.63) is 0 Å². The SMILES string of the molecule is NNC(=O)CCCC(=O)Cl. The second kappa shape index (κ2) is 5.20. The van der Waals surface area contributed by atoms with E-state index in [1.165, 1.54) is 0 Å². The minimum absolute atomic E-state index is 0.217. The van der Waals surface area contributed by atoms with Crippen molar-refractivity contribution in [1.29, 1.82) is 0 Å². The fourth-order valence-corrected chi connectivity index (χ4v) is 0.594. The first kappa shape index (κ1) is 9.39. The van der Waals surface area contributed by atoms with Crippen molar-refractivity contribution in [3.63, 3.8) is 0 Å². The first-order valence-electron chi connectivity index (χ1n) is 2.84. The van der Waals surface area contributed by atoms with Gasteiger partial charge in [0.05, 0.1) is 0 Å². The second-order valence-electron chi connectivity index (χ2n) is 1.78. The summed E-state index contributed by atoms with van der Waals surface area (Å²) in [6.07, 6.45) is 0.912. The average Bonchev–Trinajstić information content (AvgIpc) is 1.87. The van der Waals surface area contributed by atoms with Crippen LogP contribution in [-0.4, -0.2) is 11.1 Å². The van der Waals surface area contributed by atoms with Crippen LogP contribution in [0.4, 0.5) is 0 Å². The molecule has 0 heterocycles. The van der Waals surface area contributed by atoms with Gasteiger partial charge in [0.15, 0.2) is 0 Å². The zero-order valence-electron chi connectivity index (χ0n) is 5.39. The van der Waals surface area contributed by atoms with Gasteiger partial charge in [0.2, 0.25) is 11.1 Å². The molecule has 0 aliphatic rings. The van der Waals surface area contributed by atoms with Gasteiger partial charge in [0, 0.05) is 12.8 Å². The summed E-state index contributed by atoms with van der Waals surface area (Å²) in [6.45, 7) is 0. The quantitative estimate of drug-likeness (QED) is 0.264. The average molecular weight is 165 g/mol. The van der Waals surface area contributed by atoms with E-state index in [-0.39, 0.29) is 18.7 Å². The van der Waals surface area contributed by atoms with Gasteiger partial charge in [0.1, 0.15) is 0 Å². The molecule has 0 radical (unpaired) electrons. The molecular weight excluding hydrogens is 156 g/mol. The molecule has 0 aliphatic heterocycles. The van der Waals surface area contributed by atoms with E-state index in [1.807, 2.05) is 5.43 Å². The largest absolute Gasteiger partial charge is 0.294 e. The first-order valence-corrected chi connectivity index (χ1v) is 3.22. The molecule has 0 aromatic rings. The van der Waals surface area contributed by atoms with Gasteiger partial charge in [-0.05, 0) is 18.0 Å². The minimum Gasteiger partial charge on any atom is -0.294 e. The molecule has 0 aliphatic carbocycles. The number of nitrogens with two attached hydrogens (primary N) is 1. The summed E-state index contributed by atoms with van der Waals surface area (Å²) in [5.41, 5.74) is 1.95. The molecule has 0 rings (SSSR count). The molecule has 0 fully saturated rings. The van der Waals surface area contributed by atoms with Crippen molar-refractivity contribution in [2.24, 2.45) is 5.84 Å². The highest BCUT2D eigenvalue weighted by atomic mass is 35.5. The van der Waals surface area contributed by atoms with Crippen molar-refractivity contribution in [2.45, 2.75) is 19.3 Å². The molecule has 58 valence electrons. The summed E-state index contributed by atoms with van der Waals surface area (Å²) in [7, 11) is 0. The van der Waals surface area contributed by atoms with Crippen LogP contribution < -0.4 is 11.3 Å². The number of hydrogen-bond acceptors (Lipinski definition) is 3. The maximum absolute atomic E-state index is 10.4. The van der Waals surface area contributed by atoms with E-state index in [0.29, 0.717) is 6.42 Å². The topological polar surface area (TPSA) is 72.2 Å². The maximum atomic E-state index is 10.4.